The van der Waals surface area contributed by atoms with Crippen molar-refractivity contribution in [3.8, 4) is 16.5 Å². The summed E-state index contributed by atoms with van der Waals surface area (Å²) in [6.45, 7) is 6.36. The molecular formula is C33H40N4O7S. The molecule has 45 heavy (non-hydrogen) atoms. The van der Waals surface area contributed by atoms with Gasteiger partial charge in [-0.05, 0) is 70.9 Å². The molecule has 1 atom stereocenters. The van der Waals surface area contributed by atoms with E-state index in [1.165, 1.54) is 23.8 Å². The van der Waals surface area contributed by atoms with Crippen LogP contribution in [0.3, 0.4) is 0 Å². The molecule has 3 aromatic heterocycles. The topological polar surface area (TPSA) is 129 Å². The molecule has 0 spiro atoms. The zero-order chi connectivity index (χ0) is 31.9. The molecule has 1 aromatic carbocycles. The first kappa shape index (κ1) is 31.3. The van der Waals surface area contributed by atoms with Crippen molar-refractivity contribution in [1.82, 2.24) is 19.0 Å². The number of nitrogens with zero attached hydrogens (tertiary/aromatic N) is 4. The summed E-state index contributed by atoms with van der Waals surface area (Å²) in [7, 11) is 1.59. The lowest BCUT2D eigenvalue weighted by Crippen LogP contribution is -2.56. The van der Waals surface area contributed by atoms with Gasteiger partial charge in [-0.15, -0.1) is 11.3 Å². The predicted octanol–water partition coefficient (Wildman–Crippen LogP) is 4.62. The van der Waals surface area contributed by atoms with E-state index in [1.54, 1.807) is 30.4 Å². The number of hydrogen-bond donors (Lipinski definition) is 1. The monoisotopic (exact) mass is 636 g/mol. The fourth-order valence-corrected chi connectivity index (χ4v) is 7.91. The van der Waals surface area contributed by atoms with Crippen LogP contribution in [0.25, 0.3) is 21.0 Å². The maximum atomic E-state index is 14.6. The molecule has 1 aliphatic carbocycles. The van der Waals surface area contributed by atoms with E-state index in [4.69, 9.17) is 13.9 Å². The molecule has 0 bridgehead atoms. The number of aliphatic hydroxyl groups excluding tert-OH is 1. The molecule has 1 saturated heterocycles. The van der Waals surface area contributed by atoms with Crippen molar-refractivity contribution in [2.24, 2.45) is 0 Å². The SMILES string of the molecule is COc1ccccc1[C@H](Cn1c(=O)n(C(C)(C)C(=O)N2CCCC2)c(=O)c2c(C)c(-c3ncco3)sc21)O[C@H]1CC[C@@H](O)CC1. The molecule has 2 fully saturated rings. The van der Waals surface area contributed by atoms with Gasteiger partial charge in [-0.2, -0.15) is 0 Å². The van der Waals surface area contributed by atoms with E-state index in [0.29, 0.717) is 71.1 Å². The lowest BCUT2D eigenvalue weighted by molar-refractivity contribution is -0.138. The average molecular weight is 637 g/mol. The van der Waals surface area contributed by atoms with Gasteiger partial charge in [-0.25, -0.2) is 14.3 Å². The number of oxazole rings is 1. The number of likely N-dealkylation sites (tertiary alicyclic amines) is 1. The maximum Gasteiger partial charge on any atom is 0.333 e. The minimum Gasteiger partial charge on any atom is -0.496 e. The molecule has 1 saturated carbocycles. The third kappa shape index (κ3) is 5.75. The Morgan fingerprint density at radius 1 is 1.16 bits per heavy atom. The summed E-state index contributed by atoms with van der Waals surface area (Å²) >= 11 is 1.26. The van der Waals surface area contributed by atoms with E-state index in [-0.39, 0.29) is 24.7 Å². The highest BCUT2D eigenvalue weighted by molar-refractivity contribution is 7.22. The van der Waals surface area contributed by atoms with Gasteiger partial charge in [0.05, 0.1) is 42.3 Å². The highest BCUT2D eigenvalue weighted by Gasteiger charge is 2.39. The molecule has 2 aliphatic rings. The van der Waals surface area contributed by atoms with E-state index in [1.807, 2.05) is 31.2 Å². The fraction of sp³-hybridized carbons (Fsp3) is 0.515. The number of carbonyl (C=O) groups is 1. The smallest absolute Gasteiger partial charge is 0.333 e. The first-order chi connectivity index (χ1) is 21.6. The number of benzene rings is 1. The number of thiophene rings is 1. The van der Waals surface area contributed by atoms with Gasteiger partial charge in [0.1, 0.15) is 28.5 Å². The van der Waals surface area contributed by atoms with E-state index < -0.39 is 22.9 Å². The van der Waals surface area contributed by atoms with Crippen molar-refractivity contribution in [2.75, 3.05) is 20.2 Å². The Balaban J connectivity index is 1.55. The Hall–Kier alpha value is -3.74. The van der Waals surface area contributed by atoms with Crippen molar-refractivity contribution in [3.05, 3.63) is 68.7 Å². The summed E-state index contributed by atoms with van der Waals surface area (Å²) in [6.07, 6.45) is 6.30. The normalized spacial score (nSPS) is 19.7. The third-order valence-corrected chi connectivity index (χ3v) is 10.5. The van der Waals surface area contributed by atoms with Crippen molar-refractivity contribution < 1.29 is 23.8 Å². The Labute approximate surface area is 265 Å². The Kier molecular flexibility index (Phi) is 8.73. The van der Waals surface area contributed by atoms with Crippen LogP contribution in [0.2, 0.25) is 0 Å². The zero-order valence-electron chi connectivity index (χ0n) is 26.2. The standard InChI is InChI=1S/C33H40N4O7S/c1-20-26-29(39)37(33(2,3)31(40)35-16-7-8-17-35)32(41)36(30(26)45-27(20)28-34-15-18-43-28)19-25(23-9-5-6-10-24(23)42-4)44-22-13-11-21(38)12-14-22/h5-6,9-10,15,18,21-22,25,38H,7-8,11-14,16-17,19H2,1-4H3/t21-,22+,25-/m0/s1. The first-order valence-corrected chi connectivity index (χ1v) is 16.4. The molecule has 1 aliphatic heterocycles. The summed E-state index contributed by atoms with van der Waals surface area (Å²) < 4.78 is 20.7. The number of aryl methyl sites for hydroxylation is 1. The van der Waals surface area contributed by atoms with Crippen LogP contribution in [0.5, 0.6) is 5.75 Å². The van der Waals surface area contributed by atoms with E-state index in [2.05, 4.69) is 4.98 Å². The fourth-order valence-electron chi connectivity index (χ4n) is 6.67. The Bertz CT molecular complexity index is 1790. The summed E-state index contributed by atoms with van der Waals surface area (Å²) in [6, 6.07) is 7.53. The van der Waals surface area contributed by atoms with Crippen LogP contribution in [0, 0.1) is 6.92 Å². The number of aliphatic hydroxyl groups is 1. The Morgan fingerprint density at radius 3 is 2.53 bits per heavy atom. The second kappa shape index (κ2) is 12.6. The van der Waals surface area contributed by atoms with Crippen LogP contribution >= 0.6 is 11.3 Å². The number of fused-ring (bicyclic) bond motifs is 1. The molecule has 0 unspecified atom stereocenters. The number of hydrogen-bond acceptors (Lipinski definition) is 9. The quantitative estimate of drug-likeness (QED) is 0.282. The summed E-state index contributed by atoms with van der Waals surface area (Å²) in [5.41, 5.74) is -1.16. The highest BCUT2D eigenvalue weighted by atomic mass is 32.1. The molecule has 4 heterocycles. The van der Waals surface area contributed by atoms with Crippen molar-refractivity contribution in [1.29, 1.82) is 0 Å². The number of rotatable bonds is 9. The molecular weight excluding hydrogens is 596 g/mol. The molecule has 6 rings (SSSR count). The van der Waals surface area contributed by atoms with Gasteiger partial charge >= 0.3 is 5.69 Å². The minimum atomic E-state index is -1.44. The van der Waals surface area contributed by atoms with E-state index in [9.17, 15) is 19.5 Å². The predicted molar refractivity (Wildman–Crippen MR) is 171 cm³/mol. The molecule has 1 amide bonds. The lowest BCUT2D eigenvalue weighted by Gasteiger charge is -2.32. The number of methoxy groups -OCH3 is 1. The summed E-state index contributed by atoms with van der Waals surface area (Å²) in [4.78, 5) is 50.0. The van der Waals surface area contributed by atoms with E-state index in [0.717, 1.165) is 23.0 Å². The first-order valence-electron chi connectivity index (χ1n) is 15.6. The van der Waals surface area contributed by atoms with Gasteiger partial charge in [0.15, 0.2) is 0 Å². The minimum absolute atomic E-state index is 0.0635. The second-order valence-corrected chi connectivity index (χ2v) is 13.5. The Morgan fingerprint density at radius 2 is 1.87 bits per heavy atom. The van der Waals surface area contributed by atoms with Gasteiger partial charge in [-0.1, -0.05) is 18.2 Å². The van der Waals surface area contributed by atoms with Crippen molar-refractivity contribution in [3.63, 3.8) is 0 Å². The zero-order valence-corrected chi connectivity index (χ0v) is 27.0. The molecule has 1 N–H and O–H groups in total. The molecule has 12 heteroatoms. The van der Waals surface area contributed by atoms with Gasteiger partial charge in [0, 0.05) is 18.7 Å². The third-order valence-electron chi connectivity index (χ3n) is 9.15. The number of carbonyl (C=O) groups excluding carboxylic acids is 1. The van der Waals surface area contributed by atoms with Gasteiger partial charge < -0.3 is 23.9 Å². The van der Waals surface area contributed by atoms with Crippen LogP contribution in [0.1, 0.15) is 69.6 Å². The number of para-hydroxylation sites is 1. The molecule has 0 radical (unpaired) electrons. The average Bonchev–Trinajstić information content (AvgIpc) is 3.81. The van der Waals surface area contributed by atoms with Crippen LogP contribution in [-0.4, -0.2) is 62.4 Å². The van der Waals surface area contributed by atoms with Crippen molar-refractivity contribution >= 4 is 27.5 Å². The summed E-state index contributed by atoms with van der Waals surface area (Å²) in [5, 5.41) is 10.5. The molecule has 4 aromatic rings. The maximum absolute atomic E-state index is 14.6. The van der Waals surface area contributed by atoms with Crippen LogP contribution in [0.15, 0.2) is 50.7 Å². The van der Waals surface area contributed by atoms with Crippen LogP contribution < -0.4 is 16.0 Å². The highest BCUT2D eigenvalue weighted by Crippen LogP contribution is 2.38. The number of amides is 1. The molecule has 240 valence electrons. The largest absolute Gasteiger partial charge is 0.496 e. The van der Waals surface area contributed by atoms with Gasteiger partial charge in [0.25, 0.3) is 5.56 Å². The van der Waals surface area contributed by atoms with Crippen LogP contribution in [0.4, 0.5) is 0 Å². The molecule has 11 nitrogen and oxygen atoms in total. The lowest BCUT2D eigenvalue weighted by atomic mass is 9.94. The number of ether oxygens (including phenoxy) is 2. The summed E-state index contributed by atoms with van der Waals surface area (Å²) in [5.74, 6) is 0.705. The van der Waals surface area contributed by atoms with Gasteiger partial charge in [-0.3, -0.25) is 14.2 Å². The van der Waals surface area contributed by atoms with Crippen molar-refractivity contribution in [2.45, 2.75) is 89.7 Å². The second-order valence-electron chi connectivity index (χ2n) is 12.5. The van der Waals surface area contributed by atoms with E-state index >= 15 is 0 Å². The van der Waals surface area contributed by atoms with Crippen LogP contribution in [-0.2, 0) is 21.6 Å². The number of aromatic nitrogens is 3. The van der Waals surface area contributed by atoms with Gasteiger partial charge in [0.2, 0.25) is 11.8 Å².